The molecule has 0 atom stereocenters. The van der Waals surface area contributed by atoms with Crippen LogP contribution in [0.15, 0.2) is 23.1 Å². The summed E-state index contributed by atoms with van der Waals surface area (Å²) >= 11 is 6.93. The van der Waals surface area contributed by atoms with E-state index in [4.69, 9.17) is 18.0 Å². The number of anilines is 1. The van der Waals surface area contributed by atoms with Crippen molar-refractivity contribution in [2.75, 3.05) is 32.2 Å². The van der Waals surface area contributed by atoms with Gasteiger partial charge in [0.1, 0.15) is 4.99 Å². The molecule has 0 heterocycles. The fraction of sp³-hybridized carbons (Fsp3) is 0.562. The Bertz CT molecular complexity index is 508. The van der Waals surface area contributed by atoms with Crippen LogP contribution in [-0.4, -0.2) is 42.3 Å². The van der Waals surface area contributed by atoms with Crippen molar-refractivity contribution < 1.29 is 0 Å². The molecule has 2 rings (SSSR count). The summed E-state index contributed by atoms with van der Waals surface area (Å²) < 4.78 is 0. The lowest BCUT2D eigenvalue weighted by atomic mass is 9.95. The van der Waals surface area contributed by atoms with Crippen molar-refractivity contribution in [1.29, 1.82) is 0 Å². The molecule has 1 saturated carbocycles. The summed E-state index contributed by atoms with van der Waals surface area (Å²) in [5.74, 6) is 0. The molecule has 1 fully saturated rings. The molecule has 5 heteroatoms. The van der Waals surface area contributed by atoms with Crippen LogP contribution in [0.25, 0.3) is 0 Å². The lowest BCUT2D eigenvalue weighted by Crippen LogP contribution is -2.47. The number of rotatable bonds is 6. The van der Waals surface area contributed by atoms with Crippen molar-refractivity contribution in [2.45, 2.75) is 36.1 Å². The van der Waals surface area contributed by atoms with Crippen LogP contribution in [-0.2, 0) is 0 Å². The Hall–Kier alpha value is -0.780. The molecule has 1 aliphatic rings. The molecule has 116 valence electrons. The van der Waals surface area contributed by atoms with Crippen molar-refractivity contribution >= 4 is 34.7 Å². The van der Waals surface area contributed by atoms with Crippen LogP contribution in [0, 0.1) is 0 Å². The van der Waals surface area contributed by atoms with Gasteiger partial charge < -0.3 is 16.0 Å². The van der Waals surface area contributed by atoms with Crippen LogP contribution in [0.4, 0.5) is 5.69 Å². The predicted octanol–water partition coefficient (Wildman–Crippen LogP) is 3.33. The largest absolute Gasteiger partial charge is 0.389 e. The summed E-state index contributed by atoms with van der Waals surface area (Å²) in [6, 6.07) is 6.21. The Morgan fingerprint density at radius 2 is 2.05 bits per heavy atom. The van der Waals surface area contributed by atoms with Gasteiger partial charge in [0.05, 0.1) is 0 Å². The van der Waals surface area contributed by atoms with E-state index in [1.165, 1.54) is 25.7 Å². The number of nitrogens with zero attached hydrogens (tertiary/aromatic N) is 1. The highest BCUT2D eigenvalue weighted by Crippen LogP contribution is 2.35. The van der Waals surface area contributed by atoms with E-state index >= 15 is 0 Å². The summed E-state index contributed by atoms with van der Waals surface area (Å²) in [6.07, 6.45) is 7.17. The first kappa shape index (κ1) is 16.6. The van der Waals surface area contributed by atoms with Crippen LogP contribution in [0.5, 0.6) is 0 Å². The van der Waals surface area contributed by atoms with E-state index in [1.54, 1.807) is 11.8 Å². The van der Waals surface area contributed by atoms with E-state index < -0.39 is 0 Å². The average Bonchev–Trinajstić information content (AvgIpc) is 2.94. The molecule has 3 N–H and O–H groups in total. The second kappa shape index (κ2) is 6.99. The number of nitrogens with one attached hydrogen (secondary N) is 1. The molecule has 3 nitrogen and oxygen atoms in total. The monoisotopic (exact) mass is 323 g/mol. The van der Waals surface area contributed by atoms with Gasteiger partial charge in [0.2, 0.25) is 0 Å². The second-order valence-corrected chi connectivity index (χ2v) is 7.21. The van der Waals surface area contributed by atoms with Gasteiger partial charge in [0, 0.05) is 28.2 Å². The van der Waals surface area contributed by atoms with Gasteiger partial charge in [-0.25, -0.2) is 0 Å². The first-order chi connectivity index (χ1) is 10.00. The van der Waals surface area contributed by atoms with Crippen LogP contribution in [0.3, 0.4) is 0 Å². The van der Waals surface area contributed by atoms with Crippen molar-refractivity contribution in [3.63, 3.8) is 0 Å². The number of thioether (sulfide) groups is 1. The summed E-state index contributed by atoms with van der Waals surface area (Å²) in [6.45, 7) is 0.938. The van der Waals surface area contributed by atoms with Gasteiger partial charge in [0.25, 0.3) is 0 Å². The smallest absolute Gasteiger partial charge is 0.107 e. The zero-order chi connectivity index (χ0) is 15.5. The van der Waals surface area contributed by atoms with E-state index in [0.29, 0.717) is 4.99 Å². The minimum Gasteiger partial charge on any atom is -0.389 e. The average molecular weight is 324 g/mol. The minimum atomic E-state index is 0.253. The molecule has 21 heavy (non-hydrogen) atoms. The first-order valence-corrected chi connectivity index (χ1v) is 9.01. The Morgan fingerprint density at radius 3 is 2.57 bits per heavy atom. The standard InChI is InChI=1S/C16H25N3S2/c1-19(2)16(9-4-5-10-16)11-18-12-7-6-8-13(21-3)14(12)15(17)20/h6-8,18H,4-5,9-11H2,1-3H3,(H2,17,20). The third-order valence-corrected chi connectivity index (χ3v) is 5.57. The molecule has 1 aliphatic carbocycles. The summed E-state index contributed by atoms with van der Waals surface area (Å²) in [5.41, 5.74) is 8.22. The summed E-state index contributed by atoms with van der Waals surface area (Å²) in [7, 11) is 4.36. The number of likely N-dealkylation sites (N-methyl/N-ethyl adjacent to an activating group) is 1. The van der Waals surface area contributed by atoms with Crippen LogP contribution in [0.2, 0.25) is 0 Å². The number of hydrogen-bond acceptors (Lipinski definition) is 4. The highest BCUT2D eigenvalue weighted by molar-refractivity contribution is 7.98. The normalized spacial score (nSPS) is 17.1. The highest BCUT2D eigenvalue weighted by atomic mass is 32.2. The summed E-state index contributed by atoms with van der Waals surface area (Å²) in [4.78, 5) is 3.97. The van der Waals surface area contributed by atoms with Crippen LogP contribution < -0.4 is 11.1 Å². The van der Waals surface area contributed by atoms with Gasteiger partial charge in [-0.15, -0.1) is 11.8 Å². The molecular weight excluding hydrogens is 298 g/mol. The fourth-order valence-corrected chi connectivity index (χ4v) is 4.10. The van der Waals surface area contributed by atoms with Crippen molar-refractivity contribution in [1.82, 2.24) is 4.90 Å². The Labute approximate surface area is 137 Å². The molecule has 0 bridgehead atoms. The van der Waals surface area contributed by atoms with E-state index in [2.05, 4.69) is 48.8 Å². The first-order valence-electron chi connectivity index (χ1n) is 7.38. The maximum absolute atomic E-state index is 5.94. The zero-order valence-electron chi connectivity index (χ0n) is 13.1. The second-order valence-electron chi connectivity index (χ2n) is 5.93. The lowest BCUT2D eigenvalue weighted by molar-refractivity contribution is 0.172. The molecule has 0 saturated heterocycles. The van der Waals surface area contributed by atoms with Gasteiger partial charge >= 0.3 is 0 Å². The molecule has 0 radical (unpaired) electrons. The molecule has 1 aromatic carbocycles. The quantitative estimate of drug-likeness (QED) is 0.621. The minimum absolute atomic E-state index is 0.253. The third kappa shape index (κ3) is 3.52. The summed E-state index contributed by atoms with van der Waals surface area (Å²) in [5, 5.41) is 3.61. The van der Waals surface area contributed by atoms with Crippen LogP contribution >= 0.6 is 24.0 Å². The number of nitrogens with two attached hydrogens (primary N) is 1. The van der Waals surface area contributed by atoms with Gasteiger partial charge in [-0.05, 0) is 45.3 Å². The Balaban J connectivity index is 2.22. The molecule has 0 spiro atoms. The third-order valence-electron chi connectivity index (χ3n) is 4.58. The van der Waals surface area contributed by atoms with Gasteiger partial charge in [0.15, 0.2) is 0 Å². The predicted molar refractivity (Wildman–Crippen MR) is 97.5 cm³/mol. The molecular formula is C16H25N3S2. The number of thiocarbonyl (C=S) groups is 1. The van der Waals surface area contributed by atoms with Crippen LogP contribution in [0.1, 0.15) is 31.2 Å². The topological polar surface area (TPSA) is 41.3 Å². The van der Waals surface area contributed by atoms with Crippen molar-refractivity contribution in [2.24, 2.45) is 5.73 Å². The highest BCUT2D eigenvalue weighted by Gasteiger charge is 2.35. The molecule has 0 unspecified atom stereocenters. The van der Waals surface area contributed by atoms with E-state index in [0.717, 1.165) is 22.7 Å². The Kier molecular flexibility index (Phi) is 5.52. The van der Waals surface area contributed by atoms with Gasteiger partial charge in [-0.2, -0.15) is 0 Å². The molecule has 0 amide bonds. The molecule has 0 aromatic heterocycles. The fourth-order valence-electron chi connectivity index (χ4n) is 3.18. The van der Waals surface area contributed by atoms with Gasteiger partial charge in [-0.1, -0.05) is 31.1 Å². The lowest BCUT2D eigenvalue weighted by Gasteiger charge is -2.37. The maximum atomic E-state index is 5.94. The number of hydrogen-bond donors (Lipinski definition) is 2. The molecule has 1 aromatic rings. The number of benzene rings is 1. The molecule has 0 aliphatic heterocycles. The Morgan fingerprint density at radius 1 is 1.38 bits per heavy atom. The van der Waals surface area contributed by atoms with Crippen molar-refractivity contribution in [3.8, 4) is 0 Å². The van der Waals surface area contributed by atoms with E-state index in [-0.39, 0.29) is 5.54 Å². The SMILES string of the molecule is CSc1cccc(NCC2(N(C)C)CCCC2)c1C(N)=S. The van der Waals surface area contributed by atoms with E-state index in [1.807, 2.05) is 0 Å². The maximum Gasteiger partial charge on any atom is 0.107 e. The zero-order valence-corrected chi connectivity index (χ0v) is 14.7. The van der Waals surface area contributed by atoms with E-state index in [9.17, 15) is 0 Å². The van der Waals surface area contributed by atoms with Crippen molar-refractivity contribution in [3.05, 3.63) is 23.8 Å². The van der Waals surface area contributed by atoms with Gasteiger partial charge in [-0.3, -0.25) is 0 Å².